The zero-order valence-electron chi connectivity index (χ0n) is 9.85. The van der Waals surface area contributed by atoms with Crippen LogP contribution in [0, 0.1) is 0 Å². The Morgan fingerprint density at radius 3 is 2.79 bits per heavy atom. The Kier molecular flexibility index (Phi) is 4.19. The number of methoxy groups -OCH3 is 1. The van der Waals surface area contributed by atoms with Crippen LogP contribution in [0.25, 0.3) is 0 Å². The molecule has 0 saturated carbocycles. The lowest BCUT2D eigenvalue weighted by atomic mass is 10.3. The van der Waals surface area contributed by atoms with Crippen LogP contribution in [0.5, 0.6) is 5.75 Å². The summed E-state index contributed by atoms with van der Waals surface area (Å²) in [4.78, 5) is 19.6. The number of anilines is 1. The predicted molar refractivity (Wildman–Crippen MR) is 73.0 cm³/mol. The summed E-state index contributed by atoms with van der Waals surface area (Å²) < 4.78 is 5.06. The lowest BCUT2D eigenvalue weighted by molar-refractivity contribution is 0.102. The van der Waals surface area contributed by atoms with Crippen LogP contribution in [-0.2, 0) is 0 Å². The van der Waals surface area contributed by atoms with E-state index in [1.165, 1.54) is 19.5 Å². The molecule has 0 aliphatic rings. The average Bonchev–Trinajstić information content (AvgIpc) is 2.41. The highest BCUT2D eigenvalue weighted by Gasteiger charge is 2.10. The summed E-state index contributed by atoms with van der Waals surface area (Å²) in [6, 6.07) is 4.89. The Balaban J connectivity index is 2.19. The van der Waals surface area contributed by atoms with E-state index in [-0.39, 0.29) is 10.8 Å². The first-order valence-corrected chi connectivity index (χ1v) is 5.98. The summed E-state index contributed by atoms with van der Waals surface area (Å²) in [5.41, 5.74) is 0.662. The number of hydrogen-bond donors (Lipinski definition) is 1. The molecule has 2 aromatic rings. The van der Waals surface area contributed by atoms with Crippen molar-refractivity contribution >= 4 is 34.8 Å². The molecule has 0 aliphatic heterocycles. The molecule has 98 valence electrons. The maximum absolute atomic E-state index is 11.9. The minimum Gasteiger partial charge on any atom is -0.495 e. The van der Waals surface area contributed by atoms with Gasteiger partial charge in [0.1, 0.15) is 16.6 Å². The van der Waals surface area contributed by atoms with Crippen molar-refractivity contribution in [1.82, 2.24) is 9.97 Å². The van der Waals surface area contributed by atoms with Gasteiger partial charge in [0.15, 0.2) is 0 Å². The second-order valence-corrected chi connectivity index (χ2v) is 4.32. The van der Waals surface area contributed by atoms with Gasteiger partial charge in [-0.1, -0.05) is 23.2 Å². The molecule has 0 fully saturated rings. The van der Waals surface area contributed by atoms with Gasteiger partial charge in [-0.05, 0) is 12.1 Å². The number of amides is 1. The van der Waals surface area contributed by atoms with Gasteiger partial charge in [0, 0.05) is 11.8 Å². The number of aromatic nitrogens is 2. The monoisotopic (exact) mass is 297 g/mol. The molecule has 5 nitrogen and oxygen atoms in total. The van der Waals surface area contributed by atoms with E-state index in [4.69, 9.17) is 27.9 Å². The smallest absolute Gasteiger partial charge is 0.275 e. The summed E-state index contributed by atoms with van der Waals surface area (Å²) in [5, 5.41) is 3.26. The second kappa shape index (κ2) is 5.86. The topological polar surface area (TPSA) is 64.1 Å². The number of carbonyl (C=O) groups excluding carboxylic acids is 1. The van der Waals surface area contributed by atoms with Crippen molar-refractivity contribution in [3.8, 4) is 5.75 Å². The van der Waals surface area contributed by atoms with E-state index in [1.807, 2.05) is 0 Å². The van der Waals surface area contributed by atoms with Crippen molar-refractivity contribution in [2.75, 3.05) is 12.4 Å². The number of halogens is 2. The fourth-order valence-corrected chi connectivity index (χ4v) is 1.73. The molecule has 1 aromatic carbocycles. The Bertz CT molecular complexity index is 620. The van der Waals surface area contributed by atoms with E-state index in [0.717, 1.165) is 0 Å². The molecule has 1 N–H and O–H groups in total. The number of benzene rings is 1. The van der Waals surface area contributed by atoms with Gasteiger partial charge in [0.05, 0.1) is 24.5 Å². The van der Waals surface area contributed by atoms with Gasteiger partial charge in [-0.15, -0.1) is 0 Å². The second-order valence-electron chi connectivity index (χ2n) is 3.53. The Morgan fingerprint density at radius 2 is 2.11 bits per heavy atom. The predicted octanol–water partition coefficient (Wildman–Crippen LogP) is 3.04. The number of nitrogens with one attached hydrogen (secondary N) is 1. The van der Waals surface area contributed by atoms with E-state index in [0.29, 0.717) is 16.5 Å². The summed E-state index contributed by atoms with van der Waals surface area (Å²) in [7, 11) is 1.50. The van der Waals surface area contributed by atoms with E-state index < -0.39 is 5.91 Å². The molecule has 1 amide bonds. The normalized spacial score (nSPS) is 10.1. The Hall–Kier alpha value is -1.85. The molecule has 7 heteroatoms. The van der Waals surface area contributed by atoms with Crippen LogP contribution in [0.15, 0.2) is 30.6 Å². The van der Waals surface area contributed by atoms with Gasteiger partial charge in [0.2, 0.25) is 0 Å². The van der Waals surface area contributed by atoms with Gasteiger partial charge >= 0.3 is 0 Å². The third kappa shape index (κ3) is 3.33. The molecular formula is C12H9Cl2N3O2. The molecule has 0 unspecified atom stereocenters. The van der Waals surface area contributed by atoms with Crippen molar-refractivity contribution in [3.05, 3.63) is 46.5 Å². The SMILES string of the molecule is COc1cc(NC(=O)c2cncc(Cl)n2)ccc1Cl. The number of rotatable bonds is 3. The minimum absolute atomic E-state index is 0.126. The van der Waals surface area contributed by atoms with Gasteiger partial charge < -0.3 is 10.1 Å². The molecule has 0 atom stereocenters. The lowest BCUT2D eigenvalue weighted by Gasteiger charge is -2.08. The summed E-state index contributed by atoms with van der Waals surface area (Å²) in [6.07, 6.45) is 2.68. The van der Waals surface area contributed by atoms with Crippen molar-refractivity contribution in [2.45, 2.75) is 0 Å². The Labute approximate surface area is 119 Å². The molecule has 2 rings (SSSR count). The first-order valence-electron chi connectivity index (χ1n) is 5.22. The highest BCUT2D eigenvalue weighted by Crippen LogP contribution is 2.27. The van der Waals surface area contributed by atoms with E-state index >= 15 is 0 Å². The van der Waals surface area contributed by atoms with Gasteiger partial charge in [-0.25, -0.2) is 4.98 Å². The largest absolute Gasteiger partial charge is 0.495 e. The molecular weight excluding hydrogens is 289 g/mol. The molecule has 1 aromatic heterocycles. The molecule has 0 aliphatic carbocycles. The third-order valence-corrected chi connectivity index (χ3v) is 2.74. The van der Waals surface area contributed by atoms with E-state index in [1.54, 1.807) is 18.2 Å². The summed E-state index contributed by atoms with van der Waals surface area (Å²) in [5.74, 6) is 0.0519. The summed E-state index contributed by atoms with van der Waals surface area (Å²) >= 11 is 11.6. The lowest BCUT2D eigenvalue weighted by Crippen LogP contribution is -2.14. The average molecular weight is 298 g/mol. The van der Waals surface area contributed by atoms with Crippen molar-refractivity contribution < 1.29 is 9.53 Å². The Morgan fingerprint density at radius 1 is 1.32 bits per heavy atom. The molecule has 0 bridgehead atoms. The third-order valence-electron chi connectivity index (χ3n) is 2.25. The fraction of sp³-hybridized carbons (Fsp3) is 0.0833. The highest BCUT2D eigenvalue weighted by atomic mass is 35.5. The van der Waals surface area contributed by atoms with Crippen molar-refractivity contribution in [2.24, 2.45) is 0 Å². The van der Waals surface area contributed by atoms with E-state index in [2.05, 4.69) is 15.3 Å². The zero-order chi connectivity index (χ0) is 13.8. The quantitative estimate of drug-likeness (QED) is 0.946. The summed E-state index contributed by atoms with van der Waals surface area (Å²) in [6.45, 7) is 0. The zero-order valence-corrected chi connectivity index (χ0v) is 11.4. The number of ether oxygens (including phenoxy) is 1. The fourth-order valence-electron chi connectivity index (χ4n) is 1.38. The minimum atomic E-state index is -0.417. The first kappa shape index (κ1) is 13.6. The van der Waals surface area contributed by atoms with Crippen molar-refractivity contribution in [1.29, 1.82) is 0 Å². The van der Waals surface area contributed by atoms with Crippen LogP contribution in [0.1, 0.15) is 10.5 Å². The van der Waals surface area contributed by atoms with Crippen LogP contribution in [0.2, 0.25) is 10.2 Å². The number of hydrogen-bond acceptors (Lipinski definition) is 4. The van der Waals surface area contributed by atoms with E-state index in [9.17, 15) is 4.79 Å². The van der Waals surface area contributed by atoms with Crippen LogP contribution in [0.3, 0.4) is 0 Å². The van der Waals surface area contributed by atoms with Crippen LogP contribution < -0.4 is 10.1 Å². The van der Waals surface area contributed by atoms with Crippen LogP contribution in [-0.4, -0.2) is 23.0 Å². The number of nitrogens with zero attached hydrogens (tertiary/aromatic N) is 2. The maximum atomic E-state index is 11.9. The van der Waals surface area contributed by atoms with Gasteiger partial charge in [0.25, 0.3) is 5.91 Å². The van der Waals surface area contributed by atoms with Crippen LogP contribution in [0.4, 0.5) is 5.69 Å². The standard InChI is InChI=1S/C12H9Cl2N3O2/c1-19-10-4-7(2-3-8(10)13)16-12(18)9-5-15-6-11(14)17-9/h2-6H,1H3,(H,16,18). The van der Waals surface area contributed by atoms with Gasteiger partial charge in [-0.2, -0.15) is 0 Å². The molecule has 0 saturated heterocycles. The van der Waals surface area contributed by atoms with Gasteiger partial charge in [-0.3, -0.25) is 9.78 Å². The maximum Gasteiger partial charge on any atom is 0.275 e. The molecule has 19 heavy (non-hydrogen) atoms. The van der Waals surface area contributed by atoms with Crippen LogP contribution >= 0.6 is 23.2 Å². The molecule has 0 spiro atoms. The highest BCUT2D eigenvalue weighted by molar-refractivity contribution is 6.32. The molecule has 0 radical (unpaired) electrons. The molecule has 1 heterocycles. The number of carbonyl (C=O) groups is 1. The van der Waals surface area contributed by atoms with Crippen molar-refractivity contribution in [3.63, 3.8) is 0 Å². The first-order chi connectivity index (χ1) is 9.10.